The highest BCUT2D eigenvalue weighted by atomic mass is 19.4. The van der Waals surface area contributed by atoms with Gasteiger partial charge in [-0.15, -0.1) is 0 Å². The summed E-state index contributed by atoms with van der Waals surface area (Å²) in [6, 6.07) is 7.32. The van der Waals surface area contributed by atoms with Gasteiger partial charge in [-0.05, 0) is 62.6 Å². The minimum Gasteiger partial charge on any atom is -0.490 e. The molecule has 0 N–H and O–H groups in total. The smallest absolute Gasteiger partial charge is 0.406 e. The molecule has 0 atom stereocenters. The number of alkyl halides is 3. The molecule has 0 saturated heterocycles. The van der Waals surface area contributed by atoms with Crippen LogP contribution in [-0.2, 0) is 11.2 Å². The third-order valence-electron chi connectivity index (χ3n) is 4.79. The van der Waals surface area contributed by atoms with Gasteiger partial charge in [-0.1, -0.05) is 12.1 Å². The van der Waals surface area contributed by atoms with Crippen molar-refractivity contribution in [3.63, 3.8) is 0 Å². The van der Waals surface area contributed by atoms with Gasteiger partial charge >= 0.3 is 6.18 Å². The van der Waals surface area contributed by atoms with Gasteiger partial charge in [-0.3, -0.25) is 4.79 Å². The van der Waals surface area contributed by atoms with Gasteiger partial charge in [-0.25, -0.2) is 0 Å². The number of hydrogen-bond donors (Lipinski definition) is 0. The zero-order valence-corrected chi connectivity index (χ0v) is 14.2. The molecule has 2 fully saturated rings. The molecular formula is C19H24F3NO2. The number of nitrogens with zero attached hydrogens (tertiary/aromatic N) is 1. The molecule has 0 aliphatic heterocycles. The van der Waals surface area contributed by atoms with Crippen LogP contribution in [0.1, 0.15) is 50.5 Å². The molecule has 138 valence electrons. The van der Waals surface area contributed by atoms with Crippen LogP contribution < -0.4 is 4.74 Å². The Morgan fingerprint density at radius 1 is 1.16 bits per heavy atom. The largest absolute Gasteiger partial charge is 0.490 e. The third kappa shape index (κ3) is 5.65. The van der Waals surface area contributed by atoms with Gasteiger partial charge in [0, 0.05) is 12.5 Å². The van der Waals surface area contributed by atoms with E-state index in [-0.39, 0.29) is 18.6 Å². The molecule has 2 saturated carbocycles. The molecule has 2 aliphatic carbocycles. The van der Waals surface area contributed by atoms with Gasteiger partial charge in [0.15, 0.2) is 0 Å². The second kappa shape index (κ2) is 7.67. The van der Waals surface area contributed by atoms with Crippen molar-refractivity contribution in [3.05, 3.63) is 29.8 Å². The number of benzene rings is 1. The maximum atomic E-state index is 12.7. The molecule has 3 nitrogen and oxygen atoms in total. The SMILES string of the molecule is O=C(CCc1cccc(OC2CCCC2)c1)N(CC(F)(F)F)C1CC1. The van der Waals surface area contributed by atoms with Crippen molar-refractivity contribution in [2.75, 3.05) is 6.54 Å². The lowest BCUT2D eigenvalue weighted by Crippen LogP contribution is -2.40. The summed E-state index contributed by atoms with van der Waals surface area (Å²) >= 11 is 0. The number of carbonyl (C=O) groups excluding carboxylic acids is 1. The number of hydrogen-bond acceptors (Lipinski definition) is 2. The summed E-state index contributed by atoms with van der Waals surface area (Å²) in [5, 5.41) is 0. The summed E-state index contributed by atoms with van der Waals surface area (Å²) in [5.41, 5.74) is 0.923. The predicted molar refractivity (Wildman–Crippen MR) is 88.4 cm³/mol. The maximum absolute atomic E-state index is 12.7. The van der Waals surface area contributed by atoms with Crippen molar-refractivity contribution < 1.29 is 22.7 Å². The molecule has 0 radical (unpaired) electrons. The van der Waals surface area contributed by atoms with Crippen LogP contribution in [0.5, 0.6) is 5.75 Å². The van der Waals surface area contributed by atoms with Gasteiger partial charge in [0.05, 0.1) is 6.10 Å². The lowest BCUT2D eigenvalue weighted by atomic mass is 10.1. The average Bonchev–Trinajstić information content (AvgIpc) is 3.27. The molecule has 1 aromatic carbocycles. The lowest BCUT2D eigenvalue weighted by molar-refractivity contribution is -0.162. The molecule has 2 aliphatic rings. The van der Waals surface area contributed by atoms with Gasteiger partial charge in [0.1, 0.15) is 12.3 Å². The van der Waals surface area contributed by atoms with Crippen LogP contribution in [0.15, 0.2) is 24.3 Å². The van der Waals surface area contributed by atoms with Crippen molar-refractivity contribution in [3.8, 4) is 5.75 Å². The Kier molecular flexibility index (Phi) is 5.54. The van der Waals surface area contributed by atoms with E-state index in [0.29, 0.717) is 19.3 Å². The fourth-order valence-corrected chi connectivity index (χ4v) is 3.37. The van der Waals surface area contributed by atoms with Gasteiger partial charge in [0.25, 0.3) is 0 Å². The first-order valence-electron chi connectivity index (χ1n) is 9.02. The highest BCUT2D eigenvalue weighted by Gasteiger charge is 2.40. The Bertz CT molecular complexity index is 593. The fraction of sp³-hybridized carbons (Fsp3) is 0.632. The molecule has 0 spiro atoms. The summed E-state index contributed by atoms with van der Waals surface area (Å²) in [7, 11) is 0. The quantitative estimate of drug-likeness (QED) is 0.721. The maximum Gasteiger partial charge on any atom is 0.406 e. The first kappa shape index (κ1) is 18.1. The number of amides is 1. The number of ether oxygens (including phenoxy) is 1. The van der Waals surface area contributed by atoms with Crippen molar-refractivity contribution in [2.45, 2.75) is 69.7 Å². The number of aryl methyl sites for hydroxylation is 1. The molecule has 0 heterocycles. The molecule has 3 rings (SSSR count). The van der Waals surface area contributed by atoms with Crippen LogP contribution >= 0.6 is 0 Å². The van der Waals surface area contributed by atoms with Crippen LogP contribution in [0.3, 0.4) is 0 Å². The van der Waals surface area contributed by atoms with Crippen LogP contribution in [0.2, 0.25) is 0 Å². The molecule has 6 heteroatoms. The van der Waals surface area contributed by atoms with Crippen molar-refractivity contribution in [2.24, 2.45) is 0 Å². The Labute approximate surface area is 146 Å². The molecule has 1 amide bonds. The van der Waals surface area contributed by atoms with E-state index in [1.165, 1.54) is 12.8 Å². The van der Waals surface area contributed by atoms with Crippen molar-refractivity contribution in [1.29, 1.82) is 0 Å². The van der Waals surface area contributed by atoms with Crippen LogP contribution in [0, 0.1) is 0 Å². The normalized spacial score (nSPS) is 18.4. The Morgan fingerprint density at radius 2 is 1.88 bits per heavy atom. The standard InChI is InChI=1S/C19H24F3NO2/c20-19(21,22)13-23(15-9-10-15)18(24)11-8-14-4-3-7-17(12-14)25-16-5-1-2-6-16/h3-4,7,12,15-16H,1-2,5-6,8-11,13H2. The summed E-state index contributed by atoms with van der Waals surface area (Å²) in [6.45, 7) is -1.14. The summed E-state index contributed by atoms with van der Waals surface area (Å²) in [4.78, 5) is 13.2. The zero-order chi connectivity index (χ0) is 17.9. The highest BCUT2D eigenvalue weighted by molar-refractivity contribution is 5.77. The first-order valence-corrected chi connectivity index (χ1v) is 9.02. The van der Waals surface area contributed by atoms with Gasteiger partial charge in [-0.2, -0.15) is 13.2 Å². The monoisotopic (exact) mass is 355 g/mol. The van der Waals surface area contributed by atoms with E-state index in [1.807, 2.05) is 24.3 Å². The Morgan fingerprint density at radius 3 is 2.52 bits per heavy atom. The number of halogens is 3. The summed E-state index contributed by atoms with van der Waals surface area (Å²) < 4.78 is 43.9. The molecule has 25 heavy (non-hydrogen) atoms. The van der Waals surface area contributed by atoms with E-state index in [2.05, 4.69) is 0 Å². The topological polar surface area (TPSA) is 29.5 Å². The van der Waals surface area contributed by atoms with E-state index in [9.17, 15) is 18.0 Å². The van der Waals surface area contributed by atoms with E-state index < -0.39 is 18.6 Å². The zero-order valence-electron chi connectivity index (χ0n) is 14.2. The lowest BCUT2D eigenvalue weighted by Gasteiger charge is -2.23. The van der Waals surface area contributed by atoms with Crippen LogP contribution in [0.4, 0.5) is 13.2 Å². The van der Waals surface area contributed by atoms with Crippen molar-refractivity contribution >= 4 is 5.91 Å². The van der Waals surface area contributed by atoms with Crippen LogP contribution in [-0.4, -0.2) is 35.7 Å². The van der Waals surface area contributed by atoms with Crippen molar-refractivity contribution in [1.82, 2.24) is 4.90 Å². The molecule has 0 aromatic heterocycles. The Balaban J connectivity index is 1.54. The average molecular weight is 355 g/mol. The van der Waals surface area contributed by atoms with E-state index in [0.717, 1.165) is 29.1 Å². The molecule has 0 unspecified atom stereocenters. The number of carbonyl (C=O) groups is 1. The molecule has 1 aromatic rings. The predicted octanol–water partition coefficient (Wildman–Crippen LogP) is 4.49. The summed E-state index contributed by atoms with van der Waals surface area (Å²) in [6.07, 6.45) is 2.30. The third-order valence-corrected chi connectivity index (χ3v) is 4.79. The van der Waals surface area contributed by atoms with E-state index >= 15 is 0 Å². The fourth-order valence-electron chi connectivity index (χ4n) is 3.37. The minimum absolute atomic E-state index is 0.0967. The highest BCUT2D eigenvalue weighted by Crippen LogP contribution is 2.31. The molecular weight excluding hydrogens is 331 g/mol. The number of rotatable bonds is 7. The second-order valence-electron chi connectivity index (χ2n) is 7.04. The second-order valence-corrected chi connectivity index (χ2v) is 7.04. The summed E-state index contributed by atoms with van der Waals surface area (Å²) in [5.74, 6) is 0.369. The van der Waals surface area contributed by atoms with Gasteiger partial charge < -0.3 is 9.64 Å². The minimum atomic E-state index is -4.34. The Hall–Kier alpha value is -1.72. The van der Waals surface area contributed by atoms with E-state index in [4.69, 9.17) is 4.74 Å². The van der Waals surface area contributed by atoms with E-state index in [1.54, 1.807) is 0 Å². The first-order chi connectivity index (χ1) is 11.9. The van der Waals surface area contributed by atoms with Crippen LogP contribution in [0.25, 0.3) is 0 Å². The van der Waals surface area contributed by atoms with Gasteiger partial charge in [0.2, 0.25) is 5.91 Å². The molecule has 0 bridgehead atoms.